The Morgan fingerprint density at radius 3 is 2.42 bits per heavy atom. The highest BCUT2D eigenvalue weighted by atomic mass is 16.4. The molecule has 2 aromatic rings. The number of pyridine rings is 1. The van der Waals surface area contributed by atoms with Crippen molar-refractivity contribution in [2.45, 2.75) is 26.3 Å². The third kappa shape index (κ3) is 4.55. The van der Waals surface area contributed by atoms with Crippen LogP contribution in [0.25, 0.3) is 0 Å². The molecule has 1 unspecified atom stereocenters. The molecule has 6 nitrogen and oxygen atoms in total. The molecule has 3 N–H and O–H groups in total. The van der Waals surface area contributed by atoms with Gasteiger partial charge in [0, 0.05) is 17.3 Å². The molecule has 1 aromatic carbocycles. The summed E-state index contributed by atoms with van der Waals surface area (Å²) >= 11 is 0. The molecule has 1 heterocycles. The number of benzene rings is 1. The second-order valence-corrected chi connectivity index (χ2v) is 6.01. The van der Waals surface area contributed by atoms with Crippen LogP contribution in [0.2, 0.25) is 0 Å². The van der Waals surface area contributed by atoms with Gasteiger partial charge in [0.05, 0.1) is 0 Å². The highest BCUT2D eigenvalue weighted by Gasteiger charge is 2.22. The number of aliphatic carboxylic acids is 1. The minimum absolute atomic E-state index is 0.150. The molecule has 0 aliphatic rings. The van der Waals surface area contributed by atoms with E-state index >= 15 is 0 Å². The van der Waals surface area contributed by atoms with E-state index in [4.69, 9.17) is 0 Å². The number of aromatic nitrogens is 1. The van der Waals surface area contributed by atoms with Gasteiger partial charge < -0.3 is 15.4 Å². The summed E-state index contributed by atoms with van der Waals surface area (Å²) in [5, 5.41) is 11.8. The highest BCUT2D eigenvalue weighted by Crippen LogP contribution is 2.14. The van der Waals surface area contributed by atoms with Crippen molar-refractivity contribution < 1.29 is 14.7 Å². The van der Waals surface area contributed by atoms with Crippen molar-refractivity contribution in [3.8, 4) is 0 Å². The summed E-state index contributed by atoms with van der Waals surface area (Å²) < 4.78 is 0. The Morgan fingerprint density at radius 1 is 1.17 bits per heavy atom. The molecule has 0 saturated carbocycles. The standard InChI is InChI=1S/C18H20N2O4/c1-11(2)8-14-9-13(10-15(21)19-14)17(22)20-16(18(23)24)12-6-4-3-5-7-12/h3-7,9-11,16H,8H2,1-2H3,(H,19,21)(H,20,22)(H,23,24). The first-order chi connectivity index (χ1) is 11.4. The summed E-state index contributed by atoms with van der Waals surface area (Å²) in [6, 6.07) is 9.99. The molecule has 0 aliphatic heterocycles. The number of carboxylic acid groups (broad SMARTS) is 1. The first kappa shape index (κ1) is 17.5. The number of carbonyl (C=O) groups excluding carboxylic acids is 1. The molecule has 6 heteroatoms. The summed E-state index contributed by atoms with van der Waals surface area (Å²) in [4.78, 5) is 38.3. The minimum Gasteiger partial charge on any atom is -0.479 e. The molecule has 1 atom stereocenters. The van der Waals surface area contributed by atoms with Gasteiger partial charge in [-0.25, -0.2) is 4.79 Å². The van der Waals surface area contributed by atoms with Crippen LogP contribution in [0.3, 0.4) is 0 Å². The van der Waals surface area contributed by atoms with Crippen LogP contribution < -0.4 is 10.9 Å². The molecular formula is C18H20N2O4. The van der Waals surface area contributed by atoms with Crippen LogP contribution in [0.15, 0.2) is 47.3 Å². The van der Waals surface area contributed by atoms with Gasteiger partial charge in [0.15, 0.2) is 6.04 Å². The van der Waals surface area contributed by atoms with Gasteiger partial charge >= 0.3 is 5.97 Å². The van der Waals surface area contributed by atoms with Gasteiger partial charge in [-0.1, -0.05) is 44.2 Å². The Morgan fingerprint density at radius 2 is 1.83 bits per heavy atom. The molecule has 1 amide bonds. The topological polar surface area (TPSA) is 99.3 Å². The molecular weight excluding hydrogens is 308 g/mol. The van der Waals surface area contributed by atoms with Gasteiger partial charge in [0.2, 0.25) is 5.56 Å². The lowest BCUT2D eigenvalue weighted by Crippen LogP contribution is -2.34. The average molecular weight is 328 g/mol. The number of carbonyl (C=O) groups is 2. The number of H-pyrrole nitrogens is 1. The van der Waals surface area contributed by atoms with Crippen molar-refractivity contribution in [3.05, 3.63) is 69.6 Å². The number of hydrogen-bond acceptors (Lipinski definition) is 3. The number of nitrogens with one attached hydrogen (secondary N) is 2. The Kier molecular flexibility index (Phi) is 5.52. The zero-order valence-electron chi connectivity index (χ0n) is 13.6. The molecule has 0 aliphatic carbocycles. The van der Waals surface area contributed by atoms with Crippen molar-refractivity contribution in [2.24, 2.45) is 5.92 Å². The molecule has 0 fully saturated rings. The van der Waals surface area contributed by atoms with Crippen LogP contribution in [-0.2, 0) is 11.2 Å². The van der Waals surface area contributed by atoms with E-state index in [9.17, 15) is 19.5 Å². The largest absolute Gasteiger partial charge is 0.479 e. The molecule has 0 spiro atoms. The lowest BCUT2D eigenvalue weighted by Gasteiger charge is -2.15. The van der Waals surface area contributed by atoms with Crippen molar-refractivity contribution in [1.82, 2.24) is 10.3 Å². The summed E-state index contributed by atoms with van der Waals surface area (Å²) in [6.45, 7) is 4.00. The number of aromatic amines is 1. The average Bonchev–Trinajstić information content (AvgIpc) is 2.51. The van der Waals surface area contributed by atoms with E-state index < -0.39 is 17.9 Å². The zero-order chi connectivity index (χ0) is 17.7. The number of rotatable bonds is 6. The van der Waals surface area contributed by atoms with Gasteiger partial charge in [0.1, 0.15) is 0 Å². The summed E-state index contributed by atoms with van der Waals surface area (Å²) in [5.74, 6) is -1.45. The second kappa shape index (κ2) is 7.59. The van der Waals surface area contributed by atoms with E-state index in [0.717, 1.165) is 0 Å². The Balaban J connectivity index is 2.26. The Bertz CT molecular complexity index is 781. The number of carboxylic acids is 1. The summed E-state index contributed by atoms with van der Waals surface area (Å²) in [5.41, 5.74) is 0.876. The molecule has 0 saturated heterocycles. The van der Waals surface area contributed by atoms with E-state index in [1.165, 1.54) is 6.07 Å². The third-order valence-electron chi connectivity index (χ3n) is 3.45. The number of hydrogen-bond donors (Lipinski definition) is 3. The van der Waals surface area contributed by atoms with Crippen molar-refractivity contribution >= 4 is 11.9 Å². The Hall–Kier alpha value is -2.89. The molecule has 0 radical (unpaired) electrons. The molecule has 2 rings (SSSR count). The lowest BCUT2D eigenvalue weighted by molar-refractivity contribution is -0.139. The van der Waals surface area contributed by atoms with E-state index in [2.05, 4.69) is 10.3 Å². The zero-order valence-corrected chi connectivity index (χ0v) is 13.6. The van der Waals surface area contributed by atoms with Crippen LogP contribution in [-0.4, -0.2) is 22.0 Å². The van der Waals surface area contributed by atoms with Gasteiger partial charge in [-0.2, -0.15) is 0 Å². The van der Waals surface area contributed by atoms with E-state index in [0.29, 0.717) is 23.6 Å². The van der Waals surface area contributed by atoms with Gasteiger partial charge in [-0.05, 0) is 24.0 Å². The monoisotopic (exact) mass is 328 g/mol. The van der Waals surface area contributed by atoms with Crippen LogP contribution in [0.4, 0.5) is 0 Å². The summed E-state index contributed by atoms with van der Waals surface area (Å²) in [6.07, 6.45) is 0.622. The van der Waals surface area contributed by atoms with Gasteiger partial charge in [-0.15, -0.1) is 0 Å². The smallest absolute Gasteiger partial charge is 0.330 e. The highest BCUT2D eigenvalue weighted by molar-refractivity contribution is 5.96. The lowest BCUT2D eigenvalue weighted by atomic mass is 10.0. The van der Waals surface area contributed by atoms with Crippen molar-refractivity contribution in [3.63, 3.8) is 0 Å². The van der Waals surface area contributed by atoms with Crippen LogP contribution in [0, 0.1) is 5.92 Å². The number of amides is 1. The van der Waals surface area contributed by atoms with Gasteiger partial charge in [0.25, 0.3) is 5.91 Å². The second-order valence-electron chi connectivity index (χ2n) is 6.01. The van der Waals surface area contributed by atoms with E-state index in [1.807, 2.05) is 13.8 Å². The fourth-order valence-corrected chi connectivity index (χ4v) is 2.43. The fraction of sp³-hybridized carbons (Fsp3) is 0.278. The predicted molar refractivity (Wildman–Crippen MR) is 89.9 cm³/mol. The first-order valence-electron chi connectivity index (χ1n) is 7.68. The fourth-order valence-electron chi connectivity index (χ4n) is 2.43. The molecule has 24 heavy (non-hydrogen) atoms. The van der Waals surface area contributed by atoms with Crippen LogP contribution >= 0.6 is 0 Å². The quantitative estimate of drug-likeness (QED) is 0.756. The first-order valence-corrected chi connectivity index (χ1v) is 7.68. The predicted octanol–water partition coefficient (Wildman–Crippen LogP) is 2.13. The molecule has 126 valence electrons. The molecule has 0 bridgehead atoms. The molecule has 1 aromatic heterocycles. The van der Waals surface area contributed by atoms with E-state index in [1.54, 1.807) is 36.4 Å². The minimum atomic E-state index is -1.17. The summed E-state index contributed by atoms with van der Waals surface area (Å²) in [7, 11) is 0. The third-order valence-corrected chi connectivity index (χ3v) is 3.45. The van der Waals surface area contributed by atoms with Crippen LogP contribution in [0.1, 0.15) is 41.5 Å². The maximum atomic E-state index is 12.4. The normalized spacial score (nSPS) is 12.0. The SMILES string of the molecule is CC(C)Cc1cc(C(=O)NC(C(=O)O)c2ccccc2)cc(=O)[nH]1. The maximum Gasteiger partial charge on any atom is 0.330 e. The maximum absolute atomic E-state index is 12.4. The van der Waals surface area contributed by atoms with Crippen LogP contribution in [0.5, 0.6) is 0 Å². The van der Waals surface area contributed by atoms with Crippen molar-refractivity contribution in [2.75, 3.05) is 0 Å². The van der Waals surface area contributed by atoms with E-state index in [-0.39, 0.29) is 11.1 Å². The van der Waals surface area contributed by atoms with Gasteiger partial charge in [-0.3, -0.25) is 9.59 Å². The van der Waals surface area contributed by atoms with Crippen molar-refractivity contribution in [1.29, 1.82) is 0 Å². The Labute approximate surface area is 139 Å².